The van der Waals surface area contributed by atoms with E-state index in [1.807, 2.05) is 60.7 Å². The van der Waals surface area contributed by atoms with E-state index >= 15 is 0 Å². The first-order chi connectivity index (χ1) is 23.0. The van der Waals surface area contributed by atoms with E-state index in [0.717, 1.165) is 46.8 Å². The minimum Gasteiger partial charge on any atom is -0.456 e. The lowest BCUT2D eigenvalue weighted by molar-refractivity contribution is 0.0224. The molecule has 2 heterocycles. The molecule has 5 heteroatoms. The van der Waals surface area contributed by atoms with Gasteiger partial charge in [-0.1, -0.05) is 103 Å². The molecule has 8 rings (SSSR count). The number of nitrogens with zero attached hydrogens (tertiary/aromatic N) is 2. The third-order valence-electron chi connectivity index (χ3n) is 9.25. The molecule has 0 saturated carbocycles. The summed E-state index contributed by atoms with van der Waals surface area (Å²) in [6.45, 7) is 3.64. The normalized spacial score (nSPS) is 13.6. The first-order valence-electron chi connectivity index (χ1n) is 15.9. The number of rotatable bonds is 7. The van der Waals surface area contributed by atoms with E-state index < -0.39 is 5.60 Å². The molecule has 6 aromatic rings. The molecule has 2 aliphatic rings. The molecule has 0 aromatic heterocycles. The molecule has 230 valence electrons. The Kier molecular flexibility index (Phi) is 7.02. The Hall–Kier alpha value is -5.81. The van der Waals surface area contributed by atoms with Crippen molar-refractivity contribution in [3.8, 4) is 11.5 Å². The Labute approximate surface area is 275 Å². The van der Waals surface area contributed by atoms with Crippen molar-refractivity contribution < 1.29 is 14.3 Å². The standard InChI is InChI=1S/C42H34N2O3/c1-29-21-24-37(38(25-29)44(27-30-13-5-3-6-14-30)28-31-15-7-4-8-16-31)43(2)32-22-23-33-36(26-32)42(47-41(33)45)34-17-9-11-19-39(34)46-40-20-12-10-18-35(40)42/h3-26H,27-28H2,1-2H3. The zero-order valence-corrected chi connectivity index (χ0v) is 26.4. The van der Waals surface area contributed by atoms with Crippen molar-refractivity contribution in [2.75, 3.05) is 16.8 Å². The van der Waals surface area contributed by atoms with Crippen molar-refractivity contribution in [2.24, 2.45) is 0 Å². The van der Waals surface area contributed by atoms with Gasteiger partial charge in [-0.2, -0.15) is 0 Å². The molecule has 6 aromatic carbocycles. The van der Waals surface area contributed by atoms with Gasteiger partial charge >= 0.3 is 5.97 Å². The highest BCUT2D eigenvalue weighted by molar-refractivity contribution is 5.98. The zero-order valence-electron chi connectivity index (χ0n) is 26.4. The minimum absolute atomic E-state index is 0.339. The van der Waals surface area contributed by atoms with Crippen LogP contribution in [-0.4, -0.2) is 13.0 Å². The fourth-order valence-electron chi connectivity index (χ4n) is 6.96. The van der Waals surface area contributed by atoms with Crippen LogP contribution < -0.4 is 14.5 Å². The second-order valence-corrected chi connectivity index (χ2v) is 12.3. The zero-order chi connectivity index (χ0) is 32.0. The smallest absolute Gasteiger partial charge is 0.340 e. The van der Waals surface area contributed by atoms with E-state index in [9.17, 15) is 4.79 Å². The van der Waals surface area contributed by atoms with Crippen molar-refractivity contribution in [2.45, 2.75) is 25.6 Å². The largest absolute Gasteiger partial charge is 0.456 e. The second-order valence-electron chi connectivity index (χ2n) is 12.3. The highest BCUT2D eigenvalue weighted by Gasteiger charge is 2.53. The maximum Gasteiger partial charge on any atom is 0.340 e. The molecular weight excluding hydrogens is 580 g/mol. The average molecular weight is 615 g/mol. The third-order valence-corrected chi connectivity index (χ3v) is 9.25. The Bertz CT molecular complexity index is 2020. The number of benzene rings is 6. The van der Waals surface area contributed by atoms with Crippen LogP contribution in [0.2, 0.25) is 0 Å². The van der Waals surface area contributed by atoms with E-state index in [4.69, 9.17) is 9.47 Å². The van der Waals surface area contributed by atoms with Crippen LogP contribution in [0.3, 0.4) is 0 Å². The number of ether oxygens (including phenoxy) is 2. The predicted molar refractivity (Wildman–Crippen MR) is 187 cm³/mol. The van der Waals surface area contributed by atoms with Gasteiger partial charge in [0.15, 0.2) is 5.60 Å². The van der Waals surface area contributed by atoms with Crippen LogP contribution in [0.15, 0.2) is 146 Å². The second kappa shape index (κ2) is 11.5. The van der Waals surface area contributed by atoms with Crippen molar-refractivity contribution in [3.05, 3.63) is 185 Å². The summed E-state index contributed by atoms with van der Waals surface area (Å²) >= 11 is 0. The van der Waals surface area contributed by atoms with Crippen LogP contribution in [0.1, 0.15) is 43.7 Å². The lowest BCUT2D eigenvalue weighted by Crippen LogP contribution is -2.33. The summed E-state index contributed by atoms with van der Waals surface area (Å²) in [6, 6.07) is 49.5. The Morgan fingerprint density at radius 1 is 0.596 bits per heavy atom. The van der Waals surface area contributed by atoms with Crippen molar-refractivity contribution in [3.63, 3.8) is 0 Å². The molecule has 0 N–H and O–H groups in total. The summed E-state index contributed by atoms with van der Waals surface area (Å²) < 4.78 is 12.7. The summed E-state index contributed by atoms with van der Waals surface area (Å²) in [5.41, 5.74) is 8.71. The lowest BCUT2D eigenvalue weighted by Gasteiger charge is -2.37. The Balaban J connectivity index is 1.25. The van der Waals surface area contributed by atoms with Gasteiger partial charge in [0, 0.05) is 42.5 Å². The third kappa shape index (κ3) is 4.92. The molecule has 1 spiro atoms. The van der Waals surface area contributed by atoms with Crippen LogP contribution in [0.4, 0.5) is 17.1 Å². The SMILES string of the molecule is Cc1ccc(N(C)c2ccc3c(c2)C2(OC3=O)c3ccccc3Oc3ccccc32)c(N(Cc2ccccc2)Cc2ccccc2)c1. The van der Waals surface area contributed by atoms with Gasteiger partial charge in [0.05, 0.1) is 16.9 Å². The number of hydrogen-bond acceptors (Lipinski definition) is 5. The minimum atomic E-state index is -1.11. The van der Waals surface area contributed by atoms with E-state index in [-0.39, 0.29) is 5.97 Å². The lowest BCUT2D eigenvalue weighted by atomic mass is 9.77. The van der Waals surface area contributed by atoms with E-state index in [1.165, 1.54) is 16.7 Å². The van der Waals surface area contributed by atoms with Crippen molar-refractivity contribution in [1.29, 1.82) is 0 Å². The van der Waals surface area contributed by atoms with Crippen LogP contribution in [0.5, 0.6) is 11.5 Å². The van der Waals surface area contributed by atoms with Crippen molar-refractivity contribution in [1.82, 2.24) is 0 Å². The maximum atomic E-state index is 13.6. The van der Waals surface area contributed by atoms with Gasteiger partial charge in [-0.15, -0.1) is 0 Å². The highest BCUT2D eigenvalue weighted by Crippen LogP contribution is 2.56. The molecule has 0 saturated heterocycles. The van der Waals surface area contributed by atoms with Crippen LogP contribution in [0.25, 0.3) is 0 Å². The number of hydrogen-bond donors (Lipinski definition) is 0. The topological polar surface area (TPSA) is 42.0 Å². The number of esters is 1. The first kappa shape index (κ1) is 28.6. The molecule has 0 amide bonds. The van der Waals surface area contributed by atoms with Gasteiger partial charge in [0.2, 0.25) is 0 Å². The Morgan fingerprint density at radius 3 is 1.79 bits per heavy atom. The number of anilines is 3. The maximum absolute atomic E-state index is 13.6. The molecular formula is C42H34N2O3. The summed E-state index contributed by atoms with van der Waals surface area (Å²) in [7, 11) is 2.09. The van der Waals surface area contributed by atoms with Gasteiger partial charge in [0.25, 0.3) is 0 Å². The van der Waals surface area contributed by atoms with Crippen molar-refractivity contribution >= 4 is 23.0 Å². The molecule has 2 aliphatic heterocycles. The molecule has 0 fully saturated rings. The summed E-state index contributed by atoms with van der Waals surface area (Å²) in [5, 5.41) is 0. The highest BCUT2D eigenvalue weighted by atomic mass is 16.6. The van der Waals surface area contributed by atoms with E-state index in [1.54, 1.807) is 0 Å². The van der Waals surface area contributed by atoms with Crippen LogP contribution in [-0.2, 0) is 23.4 Å². The molecule has 47 heavy (non-hydrogen) atoms. The van der Waals surface area contributed by atoms with E-state index in [2.05, 4.69) is 109 Å². The molecule has 0 radical (unpaired) electrons. The van der Waals surface area contributed by atoms with Crippen LogP contribution in [0, 0.1) is 6.92 Å². The Morgan fingerprint density at radius 2 is 1.17 bits per heavy atom. The average Bonchev–Trinajstić information content (AvgIpc) is 3.40. The number of carbonyl (C=O) groups is 1. The molecule has 0 unspecified atom stereocenters. The predicted octanol–water partition coefficient (Wildman–Crippen LogP) is 9.54. The van der Waals surface area contributed by atoms with Gasteiger partial charge < -0.3 is 19.3 Å². The monoisotopic (exact) mass is 614 g/mol. The molecule has 0 aliphatic carbocycles. The van der Waals surface area contributed by atoms with Gasteiger partial charge in [-0.05, 0) is 66.1 Å². The van der Waals surface area contributed by atoms with Gasteiger partial charge in [0.1, 0.15) is 11.5 Å². The van der Waals surface area contributed by atoms with E-state index in [0.29, 0.717) is 17.1 Å². The number of carbonyl (C=O) groups excluding carboxylic acids is 1. The summed E-state index contributed by atoms with van der Waals surface area (Å²) in [4.78, 5) is 18.2. The molecule has 0 atom stereocenters. The summed E-state index contributed by atoms with van der Waals surface area (Å²) in [6.07, 6.45) is 0. The van der Waals surface area contributed by atoms with Gasteiger partial charge in [-0.25, -0.2) is 4.79 Å². The number of fused-ring (bicyclic) bond motifs is 6. The number of para-hydroxylation sites is 2. The fraction of sp³-hybridized carbons (Fsp3) is 0.119. The molecule has 5 nitrogen and oxygen atoms in total. The summed E-state index contributed by atoms with van der Waals surface area (Å²) in [5.74, 6) is 1.03. The molecule has 0 bridgehead atoms. The first-order valence-corrected chi connectivity index (χ1v) is 15.9. The fourth-order valence-corrected chi connectivity index (χ4v) is 6.96. The quantitative estimate of drug-likeness (QED) is 0.168. The number of aryl methyl sites for hydroxylation is 1. The van der Waals surface area contributed by atoms with Gasteiger partial charge in [-0.3, -0.25) is 0 Å². The van der Waals surface area contributed by atoms with Crippen LogP contribution >= 0.6 is 0 Å².